The number of carbonyl (C=O) groups is 4. The molecule has 0 fully saturated rings. The number of amides is 4. The highest BCUT2D eigenvalue weighted by molar-refractivity contribution is 6.25. The molecule has 0 aromatic heterocycles. The first-order chi connectivity index (χ1) is 12.1. The maximum Gasteiger partial charge on any atom is 0.287 e. The van der Waals surface area contributed by atoms with E-state index in [1.54, 1.807) is 24.3 Å². The minimum absolute atomic E-state index is 0.0276. The minimum atomic E-state index is -0.701. The Morgan fingerprint density at radius 3 is 2.16 bits per heavy atom. The Labute approximate surface area is 141 Å². The van der Waals surface area contributed by atoms with Gasteiger partial charge in [-0.05, 0) is 23.6 Å². The van der Waals surface area contributed by atoms with Gasteiger partial charge >= 0.3 is 0 Å². The number of hydrogen-bond donors (Lipinski definition) is 3. The second-order valence-corrected chi connectivity index (χ2v) is 5.59. The van der Waals surface area contributed by atoms with E-state index in [4.69, 9.17) is 0 Å². The van der Waals surface area contributed by atoms with Crippen molar-refractivity contribution in [1.82, 2.24) is 21.3 Å². The smallest absolute Gasteiger partial charge is 0.287 e. The van der Waals surface area contributed by atoms with Crippen LogP contribution in [0.3, 0.4) is 0 Å². The summed E-state index contributed by atoms with van der Waals surface area (Å²) in [6.45, 7) is 0. The van der Waals surface area contributed by atoms with E-state index in [2.05, 4.69) is 16.3 Å². The lowest BCUT2D eigenvalue weighted by molar-refractivity contribution is -0.123. The van der Waals surface area contributed by atoms with Gasteiger partial charge in [-0.3, -0.25) is 35.5 Å². The average molecular weight is 336 g/mol. The highest BCUT2D eigenvalue weighted by Gasteiger charge is 2.34. The number of benzene rings is 2. The van der Waals surface area contributed by atoms with E-state index >= 15 is 0 Å². The molecule has 25 heavy (non-hydrogen) atoms. The third-order valence-corrected chi connectivity index (χ3v) is 4.06. The van der Waals surface area contributed by atoms with Crippen molar-refractivity contribution in [3.05, 3.63) is 59.3 Å². The monoisotopic (exact) mass is 336 g/mol. The van der Waals surface area contributed by atoms with Crippen molar-refractivity contribution in [2.75, 3.05) is 0 Å². The topological polar surface area (TPSA) is 108 Å². The predicted molar refractivity (Wildman–Crippen MR) is 86.6 cm³/mol. The molecule has 124 valence electrons. The molecular formula is C17H12N4O4. The molecule has 0 bridgehead atoms. The SMILES string of the molecule is O=C1CC=C(C(=O)NN2C(=O)c3cccc4cccc(c34)C2=O)NN1. The second-order valence-electron chi connectivity index (χ2n) is 5.59. The van der Waals surface area contributed by atoms with Gasteiger partial charge in [-0.25, -0.2) is 0 Å². The first-order valence-corrected chi connectivity index (χ1v) is 7.53. The van der Waals surface area contributed by atoms with Crippen molar-refractivity contribution in [3.8, 4) is 0 Å². The van der Waals surface area contributed by atoms with Crippen LogP contribution in [-0.4, -0.2) is 28.6 Å². The van der Waals surface area contributed by atoms with Crippen LogP contribution < -0.4 is 16.3 Å². The lowest BCUT2D eigenvalue weighted by Gasteiger charge is -2.28. The van der Waals surface area contributed by atoms with Gasteiger partial charge in [-0.2, -0.15) is 5.01 Å². The number of nitrogens with one attached hydrogen (secondary N) is 3. The van der Waals surface area contributed by atoms with Gasteiger partial charge in [0.15, 0.2) is 0 Å². The third-order valence-electron chi connectivity index (χ3n) is 4.06. The molecule has 0 unspecified atom stereocenters. The van der Waals surface area contributed by atoms with E-state index in [0.29, 0.717) is 21.5 Å². The zero-order chi connectivity index (χ0) is 17.6. The van der Waals surface area contributed by atoms with Crippen molar-refractivity contribution < 1.29 is 19.2 Å². The summed E-state index contributed by atoms with van der Waals surface area (Å²) in [5, 5.41) is 2.05. The van der Waals surface area contributed by atoms with E-state index in [-0.39, 0.29) is 18.0 Å². The Hall–Kier alpha value is -3.68. The summed E-state index contributed by atoms with van der Waals surface area (Å²) in [6, 6.07) is 10.3. The standard InChI is InChI=1S/C17H12N4O4/c22-13-8-7-12(18-19-13)15(23)20-21-16(24)10-5-1-3-9-4-2-6-11(14(9)10)17(21)25/h1-7,18H,8H2,(H,19,22)(H,20,23). The quantitative estimate of drug-likeness (QED) is 0.687. The maximum atomic E-state index is 12.7. The highest BCUT2D eigenvalue weighted by Crippen LogP contribution is 2.29. The summed E-state index contributed by atoms with van der Waals surface area (Å²) in [5.74, 6) is -2.21. The van der Waals surface area contributed by atoms with Gasteiger partial charge in [0.05, 0.1) is 11.1 Å². The van der Waals surface area contributed by atoms with Crippen LogP contribution in [0.15, 0.2) is 48.2 Å². The van der Waals surface area contributed by atoms with Crippen LogP contribution in [0.5, 0.6) is 0 Å². The maximum absolute atomic E-state index is 12.7. The predicted octanol–water partition coefficient (Wildman–Crippen LogP) is 0.375. The fourth-order valence-electron chi connectivity index (χ4n) is 2.88. The van der Waals surface area contributed by atoms with E-state index in [1.165, 1.54) is 6.08 Å². The van der Waals surface area contributed by atoms with Crippen LogP contribution in [0.1, 0.15) is 27.1 Å². The van der Waals surface area contributed by atoms with Gasteiger partial charge in [-0.15, -0.1) is 0 Å². The number of hydrazine groups is 2. The Bertz CT molecular complexity index is 945. The highest BCUT2D eigenvalue weighted by atomic mass is 16.2. The van der Waals surface area contributed by atoms with Crippen LogP contribution in [0.4, 0.5) is 0 Å². The summed E-state index contributed by atoms with van der Waals surface area (Å²) in [7, 11) is 0. The van der Waals surface area contributed by atoms with Gasteiger partial charge in [0, 0.05) is 11.8 Å². The van der Waals surface area contributed by atoms with Crippen LogP contribution in [-0.2, 0) is 9.59 Å². The normalized spacial score (nSPS) is 16.2. The van der Waals surface area contributed by atoms with E-state index in [0.717, 1.165) is 5.39 Å². The number of imide groups is 1. The lowest BCUT2D eigenvalue weighted by atomic mass is 9.95. The fourth-order valence-corrected chi connectivity index (χ4v) is 2.88. The van der Waals surface area contributed by atoms with E-state index in [9.17, 15) is 19.2 Å². The summed E-state index contributed by atoms with van der Waals surface area (Å²) in [4.78, 5) is 48.7. The second kappa shape index (κ2) is 5.45. The number of hydrogen-bond acceptors (Lipinski definition) is 5. The van der Waals surface area contributed by atoms with Crippen molar-refractivity contribution in [1.29, 1.82) is 0 Å². The van der Waals surface area contributed by atoms with Crippen LogP contribution in [0, 0.1) is 0 Å². The van der Waals surface area contributed by atoms with Crippen molar-refractivity contribution in [2.45, 2.75) is 6.42 Å². The fraction of sp³-hybridized carbons (Fsp3) is 0.0588. The zero-order valence-corrected chi connectivity index (χ0v) is 12.8. The molecule has 8 nitrogen and oxygen atoms in total. The van der Waals surface area contributed by atoms with Crippen LogP contribution in [0.2, 0.25) is 0 Å². The molecule has 0 saturated heterocycles. The van der Waals surface area contributed by atoms with Crippen molar-refractivity contribution in [3.63, 3.8) is 0 Å². The molecule has 2 aromatic carbocycles. The number of rotatable bonds is 2. The van der Waals surface area contributed by atoms with Gasteiger partial charge < -0.3 is 0 Å². The first-order valence-electron chi connectivity index (χ1n) is 7.53. The van der Waals surface area contributed by atoms with Gasteiger partial charge in [0.2, 0.25) is 5.91 Å². The summed E-state index contributed by atoms with van der Waals surface area (Å²) in [5.41, 5.74) is 7.76. The average Bonchev–Trinajstić information content (AvgIpc) is 2.63. The van der Waals surface area contributed by atoms with Gasteiger partial charge in [0.1, 0.15) is 5.70 Å². The van der Waals surface area contributed by atoms with E-state index in [1.807, 2.05) is 12.1 Å². The molecule has 2 aliphatic rings. The summed E-state index contributed by atoms with van der Waals surface area (Å²) in [6.07, 6.45) is 1.40. The molecular weight excluding hydrogens is 324 g/mol. The van der Waals surface area contributed by atoms with Crippen molar-refractivity contribution in [2.24, 2.45) is 0 Å². The molecule has 3 N–H and O–H groups in total. The molecule has 2 aromatic rings. The largest absolute Gasteiger partial charge is 0.294 e. The molecule has 8 heteroatoms. The Morgan fingerprint density at radius 2 is 1.60 bits per heavy atom. The lowest BCUT2D eigenvalue weighted by Crippen LogP contribution is -2.54. The van der Waals surface area contributed by atoms with Gasteiger partial charge in [-0.1, -0.05) is 24.3 Å². The third kappa shape index (κ3) is 2.31. The first kappa shape index (κ1) is 14.9. The molecule has 2 heterocycles. The Kier molecular flexibility index (Phi) is 3.24. The molecule has 0 atom stereocenters. The Balaban J connectivity index is 1.69. The van der Waals surface area contributed by atoms with Crippen LogP contribution in [0.25, 0.3) is 10.8 Å². The number of nitrogens with zero attached hydrogens (tertiary/aromatic N) is 1. The summed E-state index contributed by atoms with van der Waals surface area (Å²) >= 11 is 0. The van der Waals surface area contributed by atoms with E-state index < -0.39 is 17.7 Å². The van der Waals surface area contributed by atoms with Crippen molar-refractivity contribution >= 4 is 34.4 Å². The molecule has 0 saturated carbocycles. The zero-order valence-electron chi connectivity index (χ0n) is 12.8. The molecule has 0 radical (unpaired) electrons. The minimum Gasteiger partial charge on any atom is -0.294 e. The molecule has 4 rings (SSSR count). The molecule has 2 aliphatic heterocycles. The molecule has 4 amide bonds. The van der Waals surface area contributed by atoms with Crippen LogP contribution >= 0.6 is 0 Å². The number of carbonyl (C=O) groups excluding carboxylic acids is 4. The Morgan fingerprint density at radius 1 is 0.960 bits per heavy atom. The van der Waals surface area contributed by atoms with Gasteiger partial charge in [0.25, 0.3) is 17.7 Å². The summed E-state index contributed by atoms with van der Waals surface area (Å²) < 4.78 is 0. The molecule has 0 spiro atoms. The molecule has 0 aliphatic carbocycles.